The number of nitro groups is 1. The summed E-state index contributed by atoms with van der Waals surface area (Å²) in [5.41, 5.74) is -0.871. The Hall–Kier alpha value is -1.61. The average Bonchev–Trinajstić information content (AvgIpc) is 2.67. The molecule has 1 saturated heterocycles. The summed E-state index contributed by atoms with van der Waals surface area (Å²) in [7, 11) is -3.06. The van der Waals surface area contributed by atoms with Crippen molar-refractivity contribution in [2.24, 2.45) is 0 Å². The molecule has 0 spiro atoms. The van der Waals surface area contributed by atoms with E-state index in [0.717, 1.165) is 6.07 Å². The maximum atomic E-state index is 13.5. The zero-order valence-corrected chi connectivity index (χ0v) is 11.1. The lowest BCUT2D eigenvalue weighted by Crippen LogP contribution is -2.29. The number of hydrogen-bond acceptors (Lipinski definition) is 5. The Balaban J connectivity index is 2.10. The van der Waals surface area contributed by atoms with Crippen molar-refractivity contribution in [3.8, 4) is 0 Å². The number of halogens is 2. The first-order valence-corrected chi connectivity index (χ1v) is 7.67. The number of rotatable bonds is 4. The number of benzene rings is 1. The second-order valence-corrected chi connectivity index (χ2v) is 6.86. The highest BCUT2D eigenvalue weighted by atomic mass is 32.2. The second kappa shape index (κ2) is 5.41. The Morgan fingerprint density at radius 2 is 2.05 bits per heavy atom. The predicted molar refractivity (Wildman–Crippen MR) is 66.9 cm³/mol. The molecule has 6 nitrogen and oxygen atoms in total. The van der Waals surface area contributed by atoms with E-state index in [9.17, 15) is 27.3 Å². The van der Waals surface area contributed by atoms with E-state index in [2.05, 4.69) is 5.32 Å². The van der Waals surface area contributed by atoms with Crippen LogP contribution in [0.5, 0.6) is 0 Å². The molecule has 1 aromatic rings. The van der Waals surface area contributed by atoms with Crippen molar-refractivity contribution in [2.75, 3.05) is 11.5 Å². The fraction of sp³-hybridized carbons (Fsp3) is 0.455. The average molecular weight is 306 g/mol. The Kier molecular flexibility index (Phi) is 4.00. The van der Waals surface area contributed by atoms with E-state index < -0.39 is 32.1 Å². The second-order valence-electron chi connectivity index (χ2n) is 4.63. The summed E-state index contributed by atoms with van der Waals surface area (Å²) in [5.74, 6) is -2.12. The molecule has 1 N–H and O–H groups in total. The minimum absolute atomic E-state index is 0.0437. The minimum atomic E-state index is -3.06. The van der Waals surface area contributed by atoms with Crippen LogP contribution in [0.1, 0.15) is 12.0 Å². The van der Waals surface area contributed by atoms with Crippen LogP contribution in [0.4, 0.5) is 14.5 Å². The molecule has 1 unspecified atom stereocenters. The van der Waals surface area contributed by atoms with E-state index in [0.29, 0.717) is 12.5 Å². The highest BCUT2D eigenvalue weighted by Gasteiger charge is 2.28. The van der Waals surface area contributed by atoms with Crippen LogP contribution in [0.3, 0.4) is 0 Å². The van der Waals surface area contributed by atoms with Gasteiger partial charge >= 0.3 is 5.69 Å². The molecule has 0 aliphatic carbocycles. The van der Waals surface area contributed by atoms with Crippen molar-refractivity contribution in [2.45, 2.75) is 19.0 Å². The van der Waals surface area contributed by atoms with Crippen LogP contribution in [0.2, 0.25) is 0 Å². The first-order valence-electron chi connectivity index (χ1n) is 5.84. The van der Waals surface area contributed by atoms with Gasteiger partial charge in [-0.3, -0.25) is 10.1 Å². The standard InChI is InChI=1S/C11H12F2N2O4S/c12-9-4-10(13)11(15(16)17)3-7(9)5-14-8-1-2-20(18,19)6-8/h3-4,8,14H,1-2,5-6H2. The Labute approximate surface area is 113 Å². The summed E-state index contributed by atoms with van der Waals surface area (Å²) >= 11 is 0. The highest BCUT2D eigenvalue weighted by Crippen LogP contribution is 2.22. The Morgan fingerprint density at radius 3 is 2.60 bits per heavy atom. The summed E-state index contributed by atoms with van der Waals surface area (Å²) in [6.45, 7) is -0.0901. The lowest BCUT2D eigenvalue weighted by atomic mass is 10.1. The first kappa shape index (κ1) is 14.8. The zero-order valence-electron chi connectivity index (χ0n) is 10.3. The number of nitrogens with zero attached hydrogens (tertiary/aromatic N) is 1. The fourth-order valence-electron chi connectivity index (χ4n) is 2.07. The fourth-order valence-corrected chi connectivity index (χ4v) is 3.77. The molecule has 2 rings (SSSR count). The third-order valence-corrected chi connectivity index (χ3v) is 4.89. The van der Waals surface area contributed by atoms with Gasteiger partial charge in [0.25, 0.3) is 0 Å². The van der Waals surface area contributed by atoms with Gasteiger partial charge in [-0.15, -0.1) is 0 Å². The van der Waals surface area contributed by atoms with Crippen LogP contribution in [0.15, 0.2) is 12.1 Å². The zero-order chi connectivity index (χ0) is 14.9. The lowest BCUT2D eigenvalue weighted by Gasteiger charge is -2.11. The molecule has 110 valence electrons. The van der Waals surface area contributed by atoms with Crippen molar-refractivity contribution >= 4 is 15.5 Å². The van der Waals surface area contributed by atoms with Gasteiger partial charge in [0.05, 0.1) is 16.4 Å². The molecule has 9 heteroatoms. The molecule has 0 saturated carbocycles. The van der Waals surface area contributed by atoms with Crippen LogP contribution in [-0.2, 0) is 16.4 Å². The topological polar surface area (TPSA) is 89.3 Å². The smallest absolute Gasteiger partial charge is 0.305 e. The highest BCUT2D eigenvalue weighted by molar-refractivity contribution is 7.91. The predicted octanol–water partition coefficient (Wildman–Crippen LogP) is 1.15. The quantitative estimate of drug-likeness (QED) is 0.666. The van der Waals surface area contributed by atoms with Crippen LogP contribution < -0.4 is 5.32 Å². The van der Waals surface area contributed by atoms with Crippen LogP contribution in [-0.4, -0.2) is 30.9 Å². The Morgan fingerprint density at radius 1 is 1.35 bits per heavy atom. The molecule has 1 heterocycles. The SMILES string of the molecule is O=[N+]([O-])c1cc(CNC2CCS(=O)(=O)C2)c(F)cc1F. The van der Waals surface area contributed by atoms with Crippen molar-refractivity contribution in [3.05, 3.63) is 39.4 Å². The van der Waals surface area contributed by atoms with E-state index in [1.807, 2.05) is 0 Å². The van der Waals surface area contributed by atoms with Crippen molar-refractivity contribution in [1.82, 2.24) is 5.32 Å². The van der Waals surface area contributed by atoms with E-state index in [1.54, 1.807) is 0 Å². The van der Waals surface area contributed by atoms with E-state index >= 15 is 0 Å². The Bertz CT molecular complexity index is 648. The molecule has 1 atom stereocenters. The summed E-state index contributed by atoms with van der Waals surface area (Å²) in [5, 5.41) is 13.4. The summed E-state index contributed by atoms with van der Waals surface area (Å²) in [6.07, 6.45) is 0.410. The van der Waals surface area contributed by atoms with Crippen LogP contribution in [0.25, 0.3) is 0 Å². The molecular weight excluding hydrogens is 294 g/mol. The first-order chi connectivity index (χ1) is 9.28. The third-order valence-electron chi connectivity index (χ3n) is 3.13. The molecule has 0 aromatic heterocycles. The summed E-state index contributed by atoms with van der Waals surface area (Å²) < 4.78 is 49.2. The molecule has 1 aliphatic rings. The molecule has 1 fully saturated rings. The molecular formula is C11H12F2N2O4S. The van der Waals surface area contributed by atoms with Crippen molar-refractivity contribution < 1.29 is 22.1 Å². The number of nitro benzene ring substituents is 1. The van der Waals surface area contributed by atoms with E-state index in [4.69, 9.17) is 0 Å². The van der Waals surface area contributed by atoms with Gasteiger partial charge in [-0.05, 0) is 6.42 Å². The van der Waals surface area contributed by atoms with Gasteiger partial charge in [0.15, 0.2) is 9.84 Å². The number of nitrogens with one attached hydrogen (secondary N) is 1. The van der Waals surface area contributed by atoms with E-state index in [-0.39, 0.29) is 29.7 Å². The minimum Gasteiger partial charge on any atom is -0.309 e. The maximum absolute atomic E-state index is 13.5. The van der Waals surface area contributed by atoms with Gasteiger partial charge in [0.1, 0.15) is 5.82 Å². The van der Waals surface area contributed by atoms with Gasteiger partial charge in [-0.2, -0.15) is 4.39 Å². The monoisotopic (exact) mass is 306 g/mol. The molecule has 1 aliphatic heterocycles. The summed E-state index contributed by atoms with van der Waals surface area (Å²) in [4.78, 5) is 9.64. The lowest BCUT2D eigenvalue weighted by molar-refractivity contribution is -0.387. The number of sulfone groups is 1. The van der Waals surface area contributed by atoms with Gasteiger partial charge in [-0.1, -0.05) is 0 Å². The molecule has 0 amide bonds. The molecule has 1 aromatic carbocycles. The summed E-state index contributed by atoms with van der Waals surface area (Å²) in [6, 6.07) is 0.963. The van der Waals surface area contributed by atoms with Crippen molar-refractivity contribution in [3.63, 3.8) is 0 Å². The largest absolute Gasteiger partial charge is 0.309 e. The molecule has 20 heavy (non-hydrogen) atoms. The van der Waals surface area contributed by atoms with Crippen LogP contribution in [0, 0.1) is 21.7 Å². The van der Waals surface area contributed by atoms with Gasteiger partial charge < -0.3 is 5.32 Å². The van der Waals surface area contributed by atoms with Gasteiger partial charge in [0, 0.05) is 30.3 Å². The van der Waals surface area contributed by atoms with Gasteiger partial charge in [0.2, 0.25) is 5.82 Å². The normalized spacial score (nSPS) is 21.0. The van der Waals surface area contributed by atoms with Crippen LogP contribution >= 0.6 is 0 Å². The maximum Gasteiger partial charge on any atom is 0.305 e. The van der Waals surface area contributed by atoms with Crippen molar-refractivity contribution in [1.29, 1.82) is 0 Å². The van der Waals surface area contributed by atoms with E-state index in [1.165, 1.54) is 0 Å². The molecule has 0 bridgehead atoms. The molecule has 0 radical (unpaired) electrons. The number of hydrogen-bond donors (Lipinski definition) is 1. The van der Waals surface area contributed by atoms with Gasteiger partial charge in [-0.25, -0.2) is 12.8 Å². The third kappa shape index (κ3) is 3.28.